The summed E-state index contributed by atoms with van der Waals surface area (Å²) in [6.07, 6.45) is 0.510. The number of hydrogen-bond donors (Lipinski definition) is 0. The predicted molar refractivity (Wildman–Crippen MR) is 121 cm³/mol. The van der Waals surface area contributed by atoms with E-state index in [1.165, 1.54) is 24.3 Å². The minimum Gasteiger partial charge on any atom is -0.444 e. The number of carbonyl (C=O) groups excluding carboxylic acids is 2. The monoisotopic (exact) mass is 456 g/mol. The molecule has 0 radical (unpaired) electrons. The molecule has 0 aliphatic carbocycles. The molecule has 2 aromatic carbocycles. The minimum atomic E-state index is -0.673. The number of hydrogen-bond acceptors (Lipinski definition) is 4. The van der Waals surface area contributed by atoms with Crippen molar-refractivity contribution < 1.29 is 23.1 Å². The quantitative estimate of drug-likeness (QED) is 0.655. The van der Waals surface area contributed by atoms with Crippen molar-refractivity contribution in [2.24, 2.45) is 5.41 Å². The van der Waals surface area contributed by atoms with E-state index >= 15 is 0 Å². The molecule has 2 aliphatic heterocycles. The van der Waals surface area contributed by atoms with E-state index in [0.29, 0.717) is 39.0 Å². The lowest BCUT2D eigenvalue weighted by atomic mass is 9.78. The van der Waals surface area contributed by atoms with Gasteiger partial charge >= 0.3 is 6.09 Å². The fraction of sp³-hybridized carbons (Fsp3) is 0.462. The number of likely N-dealkylation sites (tertiary alicyclic amines) is 2. The molecule has 176 valence electrons. The largest absolute Gasteiger partial charge is 0.444 e. The summed E-state index contributed by atoms with van der Waals surface area (Å²) in [4.78, 5) is 29.6. The predicted octanol–water partition coefficient (Wildman–Crippen LogP) is 4.96. The molecule has 1 spiro atoms. The first-order valence-electron chi connectivity index (χ1n) is 11.3. The lowest BCUT2D eigenvalue weighted by molar-refractivity contribution is -0.132. The molecule has 33 heavy (non-hydrogen) atoms. The number of Topliss-reactive ketones (excluding diaryl/α,β-unsaturated/α-hetero) is 1. The second kappa shape index (κ2) is 8.86. The van der Waals surface area contributed by atoms with Gasteiger partial charge in [0.25, 0.3) is 0 Å². The van der Waals surface area contributed by atoms with Gasteiger partial charge in [-0.05, 0) is 62.6 Å². The molecule has 0 N–H and O–H groups in total. The van der Waals surface area contributed by atoms with E-state index < -0.39 is 17.1 Å². The summed E-state index contributed by atoms with van der Waals surface area (Å²) in [6, 6.07) is 12.3. The van der Waals surface area contributed by atoms with Crippen LogP contribution in [0.15, 0.2) is 48.5 Å². The molecular formula is C26H30F2N2O3. The van der Waals surface area contributed by atoms with E-state index in [-0.39, 0.29) is 23.5 Å². The summed E-state index contributed by atoms with van der Waals surface area (Å²) in [5.74, 6) is -0.503. The van der Waals surface area contributed by atoms with Crippen LogP contribution in [0.25, 0.3) is 0 Å². The highest BCUT2D eigenvalue weighted by atomic mass is 19.1. The molecule has 1 amide bonds. The Morgan fingerprint density at radius 3 is 2.00 bits per heavy atom. The summed E-state index contributed by atoms with van der Waals surface area (Å²) in [7, 11) is 0. The normalized spacial score (nSPS) is 21.8. The van der Waals surface area contributed by atoms with Crippen LogP contribution in [0.5, 0.6) is 0 Å². The van der Waals surface area contributed by atoms with Crippen molar-refractivity contribution in [1.29, 1.82) is 0 Å². The smallest absolute Gasteiger partial charge is 0.410 e. The second-order valence-corrected chi connectivity index (χ2v) is 10.1. The zero-order chi connectivity index (χ0) is 23.8. The molecule has 0 saturated carbocycles. The average Bonchev–Trinajstić information content (AvgIpc) is 3.16. The maximum Gasteiger partial charge on any atom is 0.410 e. The van der Waals surface area contributed by atoms with Crippen LogP contribution in [-0.4, -0.2) is 53.5 Å². The Labute approximate surface area is 193 Å². The van der Waals surface area contributed by atoms with Crippen LogP contribution in [0.4, 0.5) is 13.6 Å². The molecular weight excluding hydrogens is 426 g/mol. The van der Waals surface area contributed by atoms with Gasteiger partial charge in [-0.2, -0.15) is 0 Å². The van der Waals surface area contributed by atoms with Gasteiger partial charge in [-0.25, -0.2) is 13.6 Å². The third-order valence-corrected chi connectivity index (χ3v) is 6.47. The van der Waals surface area contributed by atoms with Crippen molar-refractivity contribution in [1.82, 2.24) is 9.80 Å². The standard InChI is InChI=1S/C26H30F2N2O3/c1-25(2,3)33-24(32)30-14-12-22(31)26(17-30)13-15-29(16-26)23(18-4-8-20(27)9-5-18)19-6-10-21(28)11-7-19/h4-11,23H,12-17H2,1-3H3/t26-/m1/s1. The maximum atomic E-state index is 13.6. The first-order chi connectivity index (χ1) is 15.6. The number of halogens is 2. The SMILES string of the molecule is CC(C)(C)OC(=O)N1CCC(=O)[C@@]2(CCN(C(c3ccc(F)cc3)c3ccc(F)cc3)C2)C1. The summed E-state index contributed by atoms with van der Waals surface area (Å²) in [5, 5.41) is 0. The van der Waals surface area contributed by atoms with Crippen molar-refractivity contribution in [2.45, 2.75) is 45.3 Å². The number of amides is 1. The van der Waals surface area contributed by atoms with E-state index in [2.05, 4.69) is 4.90 Å². The fourth-order valence-corrected chi connectivity index (χ4v) is 4.90. The average molecular weight is 457 g/mol. The van der Waals surface area contributed by atoms with Gasteiger partial charge in [0, 0.05) is 32.6 Å². The molecule has 2 aliphatic rings. The van der Waals surface area contributed by atoms with Gasteiger partial charge in [0.15, 0.2) is 0 Å². The van der Waals surface area contributed by atoms with Gasteiger partial charge in [0.1, 0.15) is 23.0 Å². The van der Waals surface area contributed by atoms with Gasteiger partial charge in [-0.1, -0.05) is 24.3 Å². The molecule has 0 aromatic heterocycles. The molecule has 4 rings (SSSR count). The first-order valence-corrected chi connectivity index (χ1v) is 11.3. The summed E-state index contributed by atoms with van der Waals surface area (Å²) in [6.45, 7) is 7.23. The number of ether oxygens (including phenoxy) is 1. The third kappa shape index (κ3) is 5.08. The van der Waals surface area contributed by atoms with Crippen molar-refractivity contribution in [3.8, 4) is 0 Å². The Hall–Kier alpha value is -2.80. The van der Waals surface area contributed by atoms with Crippen molar-refractivity contribution in [3.05, 3.63) is 71.3 Å². The van der Waals surface area contributed by atoms with Crippen LogP contribution >= 0.6 is 0 Å². The maximum absolute atomic E-state index is 13.6. The number of rotatable bonds is 3. The first kappa shape index (κ1) is 23.4. The van der Waals surface area contributed by atoms with Crippen LogP contribution < -0.4 is 0 Å². The highest BCUT2D eigenvalue weighted by Crippen LogP contribution is 2.42. The topological polar surface area (TPSA) is 49.9 Å². The lowest BCUT2D eigenvalue weighted by Crippen LogP contribution is -2.53. The van der Waals surface area contributed by atoms with E-state index in [9.17, 15) is 18.4 Å². The Kier molecular flexibility index (Phi) is 6.27. The molecule has 2 heterocycles. The molecule has 7 heteroatoms. The van der Waals surface area contributed by atoms with Crippen molar-refractivity contribution >= 4 is 11.9 Å². The minimum absolute atomic E-state index is 0.154. The van der Waals surface area contributed by atoms with Crippen LogP contribution in [0.3, 0.4) is 0 Å². The number of benzene rings is 2. The van der Waals surface area contributed by atoms with Gasteiger partial charge < -0.3 is 9.64 Å². The number of ketones is 1. The molecule has 2 saturated heterocycles. The number of carbonyl (C=O) groups is 2. The third-order valence-electron chi connectivity index (χ3n) is 6.47. The fourth-order valence-electron chi connectivity index (χ4n) is 4.90. The van der Waals surface area contributed by atoms with Crippen LogP contribution in [-0.2, 0) is 9.53 Å². The van der Waals surface area contributed by atoms with E-state index in [4.69, 9.17) is 4.74 Å². The van der Waals surface area contributed by atoms with Gasteiger partial charge in [-0.3, -0.25) is 9.69 Å². The van der Waals surface area contributed by atoms with Gasteiger partial charge in [0.05, 0.1) is 11.5 Å². The van der Waals surface area contributed by atoms with Crippen molar-refractivity contribution in [2.75, 3.05) is 26.2 Å². The lowest BCUT2D eigenvalue weighted by Gasteiger charge is -2.40. The molecule has 0 unspecified atom stereocenters. The van der Waals surface area contributed by atoms with Crippen molar-refractivity contribution in [3.63, 3.8) is 0 Å². The van der Waals surface area contributed by atoms with Gasteiger partial charge in [-0.15, -0.1) is 0 Å². The number of nitrogens with zero attached hydrogens (tertiary/aromatic N) is 2. The Balaban J connectivity index is 1.60. The molecule has 0 bridgehead atoms. The molecule has 2 aromatic rings. The zero-order valence-corrected chi connectivity index (χ0v) is 19.3. The zero-order valence-electron chi connectivity index (χ0n) is 19.3. The van der Waals surface area contributed by atoms with E-state index in [1.807, 2.05) is 20.8 Å². The Morgan fingerprint density at radius 1 is 0.939 bits per heavy atom. The van der Waals surface area contributed by atoms with E-state index in [1.54, 1.807) is 29.2 Å². The summed E-state index contributed by atoms with van der Waals surface area (Å²) >= 11 is 0. The van der Waals surface area contributed by atoms with Crippen LogP contribution in [0, 0.1) is 17.0 Å². The molecule has 2 fully saturated rings. The summed E-state index contributed by atoms with van der Waals surface area (Å²) < 4.78 is 32.7. The summed E-state index contributed by atoms with van der Waals surface area (Å²) in [5.41, 5.74) is 0.455. The number of piperidine rings is 1. The van der Waals surface area contributed by atoms with E-state index in [0.717, 1.165) is 11.1 Å². The Morgan fingerprint density at radius 2 is 1.48 bits per heavy atom. The highest BCUT2D eigenvalue weighted by Gasteiger charge is 2.50. The second-order valence-electron chi connectivity index (χ2n) is 10.1. The van der Waals surface area contributed by atoms with Gasteiger partial charge in [0.2, 0.25) is 0 Å². The Bertz CT molecular complexity index is 972. The van der Waals surface area contributed by atoms with Crippen LogP contribution in [0.1, 0.15) is 50.8 Å². The van der Waals surface area contributed by atoms with Crippen LogP contribution in [0.2, 0.25) is 0 Å². The molecule has 5 nitrogen and oxygen atoms in total. The highest BCUT2D eigenvalue weighted by molar-refractivity contribution is 5.88. The molecule has 1 atom stereocenters.